The first kappa shape index (κ1) is 18.3. The quantitative estimate of drug-likeness (QED) is 0.783. The predicted octanol–water partition coefficient (Wildman–Crippen LogP) is 3.80. The van der Waals surface area contributed by atoms with Gasteiger partial charge in [0.15, 0.2) is 0 Å². The fourth-order valence-electron chi connectivity index (χ4n) is 2.16. The molecule has 0 unspecified atom stereocenters. The summed E-state index contributed by atoms with van der Waals surface area (Å²) in [7, 11) is 1.29. The second-order valence-electron chi connectivity index (χ2n) is 5.78. The first-order valence-corrected chi connectivity index (χ1v) is 7.98. The number of hydrogen-bond acceptors (Lipinski definition) is 4. The van der Waals surface area contributed by atoms with Crippen LogP contribution in [0.5, 0.6) is 11.5 Å². The highest BCUT2D eigenvalue weighted by atomic mass is 16.5. The van der Waals surface area contributed by atoms with Gasteiger partial charge in [0.2, 0.25) is 0 Å². The molecule has 0 radical (unpaired) electrons. The molecular formula is C19H22N2O4. The summed E-state index contributed by atoms with van der Waals surface area (Å²) in [5, 5.41) is 5.30. The van der Waals surface area contributed by atoms with Gasteiger partial charge in [0, 0.05) is 5.69 Å². The standard InChI is InChI=1S/C19H22N2O4/c1-13(2)17(18(22)24-3)21-19(23)20-14-9-11-16(12-10-14)25-15-7-5-4-6-8-15/h4-13,17H,1-3H3,(H2,20,21,23)/t17-/m0/s1. The molecule has 0 bridgehead atoms. The molecule has 0 saturated carbocycles. The number of carbonyl (C=O) groups is 2. The van der Waals surface area contributed by atoms with Crippen LogP contribution in [0.4, 0.5) is 10.5 Å². The summed E-state index contributed by atoms with van der Waals surface area (Å²) in [4.78, 5) is 23.7. The van der Waals surface area contributed by atoms with Crippen molar-refractivity contribution in [1.29, 1.82) is 0 Å². The van der Waals surface area contributed by atoms with Crippen LogP contribution >= 0.6 is 0 Å². The summed E-state index contributed by atoms with van der Waals surface area (Å²) >= 11 is 0. The van der Waals surface area contributed by atoms with E-state index in [1.54, 1.807) is 24.3 Å². The number of methoxy groups -OCH3 is 1. The van der Waals surface area contributed by atoms with E-state index in [-0.39, 0.29) is 5.92 Å². The van der Waals surface area contributed by atoms with E-state index in [1.807, 2.05) is 44.2 Å². The van der Waals surface area contributed by atoms with Gasteiger partial charge in [-0.1, -0.05) is 32.0 Å². The molecule has 2 aromatic carbocycles. The lowest BCUT2D eigenvalue weighted by Crippen LogP contribution is -2.46. The summed E-state index contributed by atoms with van der Waals surface area (Å²) in [6.45, 7) is 3.66. The second-order valence-corrected chi connectivity index (χ2v) is 5.78. The highest BCUT2D eigenvalue weighted by Crippen LogP contribution is 2.22. The Balaban J connectivity index is 1.94. The lowest BCUT2D eigenvalue weighted by Gasteiger charge is -2.20. The number of esters is 1. The molecule has 0 aliphatic heterocycles. The molecule has 2 rings (SSSR count). The fraction of sp³-hybridized carbons (Fsp3) is 0.263. The maximum atomic E-state index is 12.1. The van der Waals surface area contributed by atoms with E-state index in [1.165, 1.54) is 7.11 Å². The number of carbonyl (C=O) groups excluding carboxylic acids is 2. The van der Waals surface area contributed by atoms with Gasteiger partial charge in [-0.2, -0.15) is 0 Å². The van der Waals surface area contributed by atoms with Gasteiger partial charge in [0.05, 0.1) is 7.11 Å². The fourth-order valence-corrected chi connectivity index (χ4v) is 2.16. The number of ether oxygens (including phenoxy) is 2. The number of benzene rings is 2. The molecule has 0 heterocycles. The lowest BCUT2D eigenvalue weighted by atomic mass is 10.1. The Morgan fingerprint density at radius 2 is 1.52 bits per heavy atom. The molecule has 2 aromatic rings. The molecule has 0 fully saturated rings. The zero-order valence-electron chi connectivity index (χ0n) is 14.5. The molecule has 2 amide bonds. The smallest absolute Gasteiger partial charge is 0.328 e. The highest BCUT2D eigenvalue weighted by molar-refractivity contribution is 5.92. The number of para-hydroxylation sites is 1. The Hall–Kier alpha value is -3.02. The molecule has 25 heavy (non-hydrogen) atoms. The average Bonchev–Trinajstić information content (AvgIpc) is 2.61. The van der Waals surface area contributed by atoms with Gasteiger partial charge < -0.3 is 20.1 Å². The number of hydrogen-bond donors (Lipinski definition) is 2. The molecular weight excluding hydrogens is 320 g/mol. The van der Waals surface area contributed by atoms with E-state index in [2.05, 4.69) is 10.6 Å². The van der Waals surface area contributed by atoms with Crippen molar-refractivity contribution in [2.75, 3.05) is 12.4 Å². The van der Waals surface area contributed by atoms with Crippen molar-refractivity contribution in [2.24, 2.45) is 5.92 Å². The minimum absolute atomic E-state index is 0.0835. The monoisotopic (exact) mass is 342 g/mol. The average molecular weight is 342 g/mol. The maximum absolute atomic E-state index is 12.1. The zero-order chi connectivity index (χ0) is 18.2. The van der Waals surface area contributed by atoms with E-state index >= 15 is 0 Å². The van der Waals surface area contributed by atoms with Gasteiger partial charge in [-0.15, -0.1) is 0 Å². The van der Waals surface area contributed by atoms with Gasteiger partial charge in [0.1, 0.15) is 17.5 Å². The number of amides is 2. The van der Waals surface area contributed by atoms with E-state index in [4.69, 9.17) is 9.47 Å². The summed E-state index contributed by atoms with van der Waals surface area (Å²) in [6, 6.07) is 15.2. The zero-order valence-corrected chi connectivity index (χ0v) is 14.5. The van der Waals surface area contributed by atoms with Crippen LogP contribution in [-0.2, 0) is 9.53 Å². The van der Waals surface area contributed by atoms with Crippen LogP contribution < -0.4 is 15.4 Å². The number of rotatable bonds is 6. The predicted molar refractivity (Wildman–Crippen MR) is 95.8 cm³/mol. The van der Waals surface area contributed by atoms with Crippen LogP contribution in [0.25, 0.3) is 0 Å². The molecule has 0 aromatic heterocycles. The molecule has 6 heteroatoms. The van der Waals surface area contributed by atoms with Crippen LogP contribution in [0.2, 0.25) is 0 Å². The minimum atomic E-state index is -0.703. The minimum Gasteiger partial charge on any atom is -0.467 e. The van der Waals surface area contributed by atoms with E-state index in [9.17, 15) is 9.59 Å². The number of urea groups is 1. The summed E-state index contributed by atoms with van der Waals surface area (Å²) in [5.41, 5.74) is 0.588. The molecule has 0 spiro atoms. The van der Waals surface area contributed by atoms with Crippen molar-refractivity contribution < 1.29 is 19.1 Å². The summed E-state index contributed by atoms with van der Waals surface area (Å²) < 4.78 is 10.4. The van der Waals surface area contributed by atoms with Gasteiger partial charge in [-0.25, -0.2) is 9.59 Å². The third kappa shape index (κ3) is 5.53. The van der Waals surface area contributed by atoms with Gasteiger partial charge in [-0.3, -0.25) is 0 Å². The summed E-state index contributed by atoms with van der Waals surface area (Å²) in [5.74, 6) is 0.835. The van der Waals surface area contributed by atoms with Crippen molar-refractivity contribution in [2.45, 2.75) is 19.9 Å². The van der Waals surface area contributed by atoms with E-state index in [0.29, 0.717) is 11.4 Å². The Kier molecular flexibility index (Phi) is 6.39. The van der Waals surface area contributed by atoms with Crippen molar-refractivity contribution in [3.8, 4) is 11.5 Å². The van der Waals surface area contributed by atoms with Crippen LogP contribution in [0, 0.1) is 5.92 Å². The molecule has 0 saturated heterocycles. The van der Waals surface area contributed by atoms with E-state index in [0.717, 1.165) is 5.75 Å². The Labute approximate surface area is 147 Å². The third-order valence-electron chi connectivity index (χ3n) is 3.50. The van der Waals surface area contributed by atoms with Gasteiger partial charge in [-0.05, 0) is 42.3 Å². The molecule has 0 aliphatic carbocycles. The maximum Gasteiger partial charge on any atom is 0.328 e. The Morgan fingerprint density at radius 3 is 2.08 bits per heavy atom. The Bertz CT molecular complexity index is 699. The topological polar surface area (TPSA) is 76.7 Å². The van der Waals surface area contributed by atoms with Crippen molar-refractivity contribution in [1.82, 2.24) is 5.32 Å². The third-order valence-corrected chi connectivity index (χ3v) is 3.50. The number of nitrogens with one attached hydrogen (secondary N) is 2. The van der Waals surface area contributed by atoms with Crippen molar-refractivity contribution >= 4 is 17.7 Å². The normalized spacial score (nSPS) is 11.5. The van der Waals surface area contributed by atoms with E-state index < -0.39 is 18.0 Å². The molecule has 6 nitrogen and oxygen atoms in total. The first-order chi connectivity index (χ1) is 12.0. The van der Waals surface area contributed by atoms with Crippen LogP contribution in [0.1, 0.15) is 13.8 Å². The van der Waals surface area contributed by atoms with Crippen molar-refractivity contribution in [3.05, 3.63) is 54.6 Å². The largest absolute Gasteiger partial charge is 0.467 e. The van der Waals surface area contributed by atoms with Crippen LogP contribution in [0.15, 0.2) is 54.6 Å². The van der Waals surface area contributed by atoms with Gasteiger partial charge >= 0.3 is 12.0 Å². The molecule has 0 aliphatic rings. The molecule has 132 valence electrons. The summed E-state index contributed by atoms with van der Waals surface area (Å²) in [6.07, 6.45) is 0. The van der Waals surface area contributed by atoms with Crippen molar-refractivity contribution in [3.63, 3.8) is 0 Å². The van der Waals surface area contributed by atoms with Gasteiger partial charge in [0.25, 0.3) is 0 Å². The highest BCUT2D eigenvalue weighted by Gasteiger charge is 2.24. The van der Waals surface area contributed by atoms with Crippen LogP contribution in [0.3, 0.4) is 0 Å². The lowest BCUT2D eigenvalue weighted by molar-refractivity contribution is -0.143. The Morgan fingerprint density at radius 1 is 0.920 bits per heavy atom. The first-order valence-electron chi connectivity index (χ1n) is 7.98. The second kappa shape index (κ2) is 8.73. The molecule has 2 N–H and O–H groups in total. The molecule has 1 atom stereocenters. The number of anilines is 1. The van der Waals surface area contributed by atoms with Crippen LogP contribution in [-0.4, -0.2) is 25.2 Å². The SMILES string of the molecule is COC(=O)[C@@H](NC(=O)Nc1ccc(Oc2ccccc2)cc1)C(C)C.